The molecule has 0 spiro atoms. The van der Waals surface area contributed by atoms with E-state index in [0.29, 0.717) is 17.4 Å². The number of nitrogens with zero attached hydrogens (tertiary/aromatic N) is 3. The number of nitrogens with one attached hydrogen (secondary N) is 1. The van der Waals surface area contributed by atoms with Crippen molar-refractivity contribution >= 4 is 11.5 Å². The van der Waals surface area contributed by atoms with Gasteiger partial charge in [-0.2, -0.15) is 0 Å². The van der Waals surface area contributed by atoms with Gasteiger partial charge in [-0.15, -0.1) is 0 Å². The molecular formula is C16H16N4O2. The van der Waals surface area contributed by atoms with E-state index in [0.717, 1.165) is 24.4 Å². The van der Waals surface area contributed by atoms with Gasteiger partial charge in [0.1, 0.15) is 5.82 Å². The Morgan fingerprint density at radius 3 is 2.73 bits per heavy atom. The molecule has 0 aliphatic heterocycles. The first kappa shape index (κ1) is 14.2. The maximum absolute atomic E-state index is 10.9. The van der Waals surface area contributed by atoms with E-state index in [-0.39, 0.29) is 5.69 Å². The Morgan fingerprint density at radius 1 is 1.23 bits per heavy atom. The quantitative estimate of drug-likeness (QED) is 0.530. The van der Waals surface area contributed by atoms with Crippen LogP contribution in [0.5, 0.6) is 0 Å². The summed E-state index contributed by atoms with van der Waals surface area (Å²) in [7, 11) is 0. The molecule has 0 amide bonds. The van der Waals surface area contributed by atoms with E-state index in [1.54, 1.807) is 12.1 Å². The lowest BCUT2D eigenvalue weighted by Gasteiger charge is -2.14. The highest BCUT2D eigenvalue weighted by Gasteiger charge is 2.13. The van der Waals surface area contributed by atoms with E-state index in [9.17, 15) is 10.1 Å². The zero-order valence-corrected chi connectivity index (χ0v) is 12.2. The minimum absolute atomic E-state index is 0.0390. The van der Waals surface area contributed by atoms with Crippen molar-refractivity contribution in [2.45, 2.75) is 25.8 Å². The summed E-state index contributed by atoms with van der Waals surface area (Å²) in [6, 6.07) is 8.63. The van der Waals surface area contributed by atoms with Gasteiger partial charge in [-0.3, -0.25) is 10.1 Å². The number of nitro benzene ring substituents is 1. The Hall–Kier alpha value is -2.76. The van der Waals surface area contributed by atoms with Gasteiger partial charge >= 0.3 is 0 Å². The van der Waals surface area contributed by atoms with Crippen LogP contribution in [0.15, 0.2) is 42.5 Å². The van der Waals surface area contributed by atoms with Gasteiger partial charge in [0.25, 0.3) is 5.69 Å². The Morgan fingerprint density at radius 2 is 2.00 bits per heavy atom. The number of aromatic nitrogens is 2. The minimum atomic E-state index is -0.414. The predicted molar refractivity (Wildman–Crippen MR) is 84.6 cm³/mol. The summed E-state index contributed by atoms with van der Waals surface area (Å²) < 4.78 is 0. The molecular weight excluding hydrogens is 280 g/mol. The molecule has 2 aromatic rings. The van der Waals surface area contributed by atoms with E-state index in [2.05, 4.69) is 27.4 Å². The molecule has 0 saturated heterocycles. The highest BCUT2D eigenvalue weighted by atomic mass is 16.6. The first-order valence-electron chi connectivity index (χ1n) is 7.14. The monoisotopic (exact) mass is 296 g/mol. The Labute approximate surface area is 128 Å². The number of benzene rings is 1. The third-order valence-electron chi connectivity index (χ3n) is 3.53. The van der Waals surface area contributed by atoms with Crippen LogP contribution in [-0.2, 0) is 0 Å². The molecule has 0 atom stereocenters. The van der Waals surface area contributed by atoms with Crippen LogP contribution in [0.3, 0.4) is 0 Å². The smallest absolute Gasteiger partial charge is 0.270 e. The van der Waals surface area contributed by atoms with E-state index < -0.39 is 4.92 Å². The van der Waals surface area contributed by atoms with Crippen LogP contribution in [0, 0.1) is 17.0 Å². The van der Waals surface area contributed by atoms with Crippen LogP contribution in [0.25, 0.3) is 11.4 Å². The number of aryl methyl sites for hydroxylation is 1. The molecule has 1 aromatic heterocycles. The molecule has 112 valence electrons. The summed E-state index contributed by atoms with van der Waals surface area (Å²) in [5, 5.41) is 14.3. The third-order valence-corrected chi connectivity index (χ3v) is 3.53. The molecule has 1 N–H and O–H groups in total. The van der Waals surface area contributed by atoms with Crippen LogP contribution in [0.4, 0.5) is 11.5 Å². The van der Waals surface area contributed by atoms with E-state index in [1.807, 2.05) is 13.0 Å². The van der Waals surface area contributed by atoms with Crippen LogP contribution < -0.4 is 5.32 Å². The lowest BCUT2D eigenvalue weighted by atomic mass is 10.2. The highest BCUT2D eigenvalue weighted by molar-refractivity contribution is 5.61. The summed E-state index contributed by atoms with van der Waals surface area (Å²) in [5.74, 6) is 1.25. The molecule has 3 rings (SSSR count). The molecule has 0 radical (unpaired) electrons. The second-order valence-corrected chi connectivity index (χ2v) is 5.31. The zero-order chi connectivity index (χ0) is 15.5. The standard InChI is InChI=1S/C16H16N4O2/c1-11-9-15(18-13-6-2-3-7-13)19-16(17-11)12-5-4-8-14(10-12)20(21)22/h2-5,8-10,13H,6-7H2,1H3,(H,17,18,19). The average Bonchev–Trinajstić information content (AvgIpc) is 2.99. The van der Waals surface area contributed by atoms with Gasteiger partial charge < -0.3 is 5.32 Å². The number of nitro groups is 1. The molecule has 6 nitrogen and oxygen atoms in total. The third kappa shape index (κ3) is 3.11. The molecule has 1 aliphatic carbocycles. The fourth-order valence-electron chi connectivity index (χ4n) is 2.47. The fraction of sp³-hybridized carbons (Fsp3) is 0.250. The van der Waals surface area contributed by atoms with E-state index in [4.69, 9.17) is 0 Å². The van der Waals surface area contributed by atoms with E-state index >= 15 is 0 Å². The largest absolute Gasteiger partial charge is 0.367 e. The molecule has 22 heavy (non-hydrogen) atoms. The summed E-state index contributed by atoms with van der Waals surface area (Å²) in [6.45, 7) is 1.89. The fourth-order valence-corrected chi connectivity index (χ4v) is 2.47. The summed E-state index contributed by atoms with van der Waals surface area (Å²) in [6.07, 6.45) is 6.25. The Bertz CT molecular complexity index is 735. The molecule has 0 saturated carbocycles. The van der Waals surface area contributed by atoms with Gasteiger partial charge in [-0.25, -0.2) is 9.97 Å². The molecule has 0 fully saturated rings. The number of anilines is 1. The molecule has 6 heteroatoms. The topological polar surface area (TPSA) is 81.0 Å². The summed E-state index contributed by atoms with van der Waals surface area (Å²) in [4.78, 5) is 19.4. The van der Waals surface area contributed by atoms with Gasteiger partial charge in [0.15, 0.2) is 5.82 Å². The zero-order valence-electron chi connectivity index (χ0n) is 12.2. The van der Waals surface area contributed by atoms with Gasteiger partial charge in [0.05, 0.1) is 4.92 Å². The SMILES string of the molecule is Cc1cc(NC2CC=CC2)nc(-c2cccc([N+](=O)[O-])c2)n1. The molecule has 1 heterocycles. The van der Waals surface area contributed by atoms with Gasteiger partial charge in [-0.05, 0) is 19.8 Å². The number of non-ortho nitro benzene ring substituents is 1. The van der Waals surface area contributed by atoms with Crippen molar-refractivity contribution in [3.05, 3.63) is 58.3 Å². The average molecular weight is 296 g/mol. The lowest BCUT2D eigenvalue weighted by Crippen LogP contribution is -2.16. The highest BCUT2D eigenvalue weighted by Crippen LogP contribution is 2.23. The molecule has 1 aliphatic rings. The lowest BCUT2D eigenvalue weighted by molar-refractivity contribution is -0.384. The van der Waals surface area contributed by atoms with Crippen molar-refractivity contribution in [1.29, 1.82) is 0 Å². The number of rotatable bonds is 4. The number of hydrogen-bond acceptors (Lipinski definition) is 5. The van der Waals surface area contributed by atoms with Crippen LogP contribution in [0.2, 0.25) is 0 Å². The Kier molecular flexibility index (Phi) is 3.82. The number of hydrogen-bond donors (Lipinski definition) is 1. The molecule has 0 bridgehead atoms. The van der Waals surface area contributed by atoms with E-state index in [1.165, 1.54) is 12.1 Å². The van der Waals surface area contributed by atoms with Crippen LogP contribution in [0.1, 0.15) is 18.5 Å². The first-order valence-corrected chi connectivity index (χ1v) is 7.14. The van der Waals surface area contributed by atoms with Crippen molar-refractivity contribution in [2.75, 3.05) is 5.32 Å². The van der Waals surface area contributed by atoms with Crippen LogP contribution in [-0.4, -0.2) is 20.9 Å². The first-order chi connectivity index (χ1) is 10.6. The summed E-state index contributed by atoms with van der Waals surface area (Å²) >= 11 is 0. The minimum Gasteiger partial charge on any atom is -0.367 e. The summed E-state index contributed by atoms with van der Waals surface area (Å²) in [5.41, 5.74) is 1.51. The van der Waals surface area contributed by atoms with Crippen molar-refractivity contribution in [1.82, 2.24) is 9.97 Å². The maximum atomic E-state index is 10.9. The van der Waals surface area contributed by atoms with Crippen molar-refractivity contribution in [2.24, 2.45) is 0 Å². The predicted octanol–water partition coefficient (Wildman–Crippen LogP) is 3.49. The van der Waals surface area contributed by atoms with Gasteiger partial charge in [0, 0.05) is 35.5 Å². The second kappa shape index (κ2) is 5.93. The van der Waals surface area contributed by atoms with Crippen LogP contribution >= 0.6 is 0 Å². The van der Waals surface area contributed by atoms with Gasteiger partial charge in [0.2, 0.25) is 0 Å². The van der Waals surface area contributed by atoms with Gasteiger partial charge in [-0.1, -0.05) is 24.3 Å². The van der Waals surface area contributed by atoms with Crippen molar-refractivity contribution < 1.29 is 4.92 Å². The Balaban J connectivity index is 1.91. The normalized spacial score (nSPS) is 14.2. The maximum Gasteiger partial charge on any atom is 0.270 e. The van der Waals surface area contributed by atoms with Crippen molar-refractivity contribution in [3.8, 4) is 11.4 Å². The molecule has 1 aromatic carbocycles. The van der Waals surface area contributed by atoms with Crippen molar-refractivity contribution in [3.63, 3.8) is 0 Å². The second-order valence-electron chi connectivity index (χ2n) is 5.31. The molecule has 0 unspecified atom stereocenters.